The fourth-order valence-electron chi connectivity index (χ4n) is 1.73. The standard InChI is InChI=1S/C17H16ClN3O4S/c18-13-8-4-5-9-14(13)25-10-15(22)19-17(26)21-20-16(23)11-24-12-6-2-1-3-7-12/h1-9H,10-11H2,(H,20,23)(H2,19,21,22,26). The van der Waals surface area contributed by atoms with Gasteiger partial charge >= 0.3 is 0 Å². The monoisotopic (exact) mass is 393 g/mol. The Morgan fingerprint density at radius 3 is 2.27 bits per heavy atom. The van der Waals surface area contributed by atoms with Crippen LogP contribution in [0.25, 0.3) is 0 Å². The number of benzene rings is 2. The highest BCUT2D eigenvalue weighted by Crippen LogP contribution is 2.22. The lowest BCUT2D eigenvalue weighted by Gasteiger charge is -2.12. The molecular weight excluding hydrogens is 378 g/mol. The summed E-state index contributed by atoms with van der Waals surface area (Å²) < 4.78 is 10.5. The van der Waals surface area contributed by atoms with E-state index in [0.29, 0.717) is 16.5 Å². The van der Waals surface area contributed by atoms with Gasteiger partial charge in [-0.05, 0) is 36.5 Å². The Hall–Kier alpha value is -2.84. The van der Waals surface area contributed by atoms with E-state index in [1.807, 2.05) is 6.07 Å². The second-order valence-electron chi connectivity index (χ2n) is 4.87. The van der Waals surface area contributed by atoms with Gasteiger partial charge in [-0.15, -0.1) is 0 Å². The first-order valence-electron chi connectivity index (χ1n) is 7.48. The molecule has 0 unspecified atom stereocenters. The number of thiocarbonyl (C=S) groups is 1. The fraction of sp³-hybridized carbons (Fsp3) is 0.118. The third kappa shape index (κ3) is 6.96. The molecule has 9 heteroatoms. The van der Waals surface area contributed by atoms with Crippen molar-refractivity contribution in [3.8, 4) is 11.5 Å². The lowest BCUT2D eigenvalue weighted by atomic mass is 10.3. The van der Waals surface area contributed by atoms with E-state index >= 15 is 0 Å². The summed E-state index contributed by atoms with van der Waals surface area (Å²) in [4.78, 5) is 23.4. The highest BCUT2D eigenvalue weighted by Gasteiger charge is 2.08. The van der Waals surface area contributed by atoms with E-state index in [4.69, 9.17) is 33.3 Å². The number of halogens is 1. The lowest BCUT2D eigenvalue weighted by Crippen LogP contribution is -2.50. The quantitative estimate of drug-likeness (QED) is 0.512. The van der Waals surface area contributed by atoms with Gasteiger partial charge in [0.25, 0.3) is 11.8 Å². The second kappa shape index (κ2) is 10.2. The number of hydrogen-bond acceptors (Lipinski definition) is 5. The molecule has 2 aromatic carbocycles. The summed E-state index contributed by atoms with van der Waals surface area (Å²) in [6, 6.07) is 15.6. The summed E-state index contributed by atoms with van der Waals surface area (Å²) in [7, 11) is 0. The van der Waals surface area contributed by atoms with Gasteiger partial charge in [0.15, 0.2) is 18.3 Å². The van der Waals surface area contributed by atoms with Crippen molar-refractivity contribution in [1.29, 1.82) is 0 Å². The number of hydrazine groups is 1. The molecule has 0 aliphatic rings. The van der Waals surface area contributed by atoms with Crippen molar-refractivity contribution in [2.45, 2.75) is 0 Å². The zero-order valence-electron chi connectivity index (χ0n) is 13.5. The van der Waals surface area contributed by atoms with Gasteiger partial charge in [0.2, 0.25) is 0 Å². The number of carbonyl (C=O) groups excluding carboxylic acids is 2. The smallest absolute Gasteiger partial charge is 0.276 e. The Labute approximate surface area is 160 Å². The highest BCUT2D eigenvalue weighted by atomic mass is 35.5. The van der Waals surface area contributed by atoms with Crippen LogP contribution in [0.1, 0.15) is 0 Å². The van der Waals surface area contributed by atoms with E-state index in [1.54, 1.807) is 48.5 Å². The average Bonchev–Trinajstić information content (AvgIpc) is 2.65. The Kier molecular flexibility index (Phi) is 7.66. The Morgan fingerprint density at radius 1 is 0.885 bits per heavy atom. The van der Waals surface area contributed by atoms with Gasteiger partial charge in [0.1, 0.15) is 11.5 Å². The maximum absolute atomic E-state index is 11.7. The number of amides is 2. The number of nitrogens with one attached hydrogen (secondary N) is 3. The SMILES string of the molecule is O=C(COc1ccccc1)NNC(=S)NC(=O)COc1ccccc1Cl. The van der Waals surface area contributed by atoms with Gasteiger partial charge in [-0.2, -0.15) is 0 Å². The van der Waals surface area contributed by atoms with Crippen molar-refractivity contribution in [1.82, 2.24) is 16.2 Å². The molecule has 0 spiro atoms. The van der Waals surface area contributed by atoms with Crippen LogP contribution in [0.5, 0.6) is 11.5 Å². The largest absolute Gasteiger partial charge is 0.484 e. The topological polar surface area (TPSA) is 88.7 Å². The number of carbonyl (C=O) groups is 2. The third-order valence-electron chi connectivity index (χ3n) is 2.88. The van der Waals surface area contributed by atoms with Crippen molar-refractivity contribution >= 4 is 40.7 Å². The summed E-state index contributed by atoms with van der Waals surface area (Å²) in [5.41, 5.74) is 4.71. The summed E-state index contributed by atoms with van der Waals surface area (Å²) >= 11 is 10.8. The third-order valence-corrected chi connectivity index (χ3v) is 3.39. The fourth-order valence-corrected chi connectivity index (χ4v) is 2.08. The molecule has 7 nitrogen and oxygen atoms in total. The van der Waals surface area contributed by atoms with Crippen LogP contribution in [0.4, 0.5) is 0 Å². The minimum atomic E-state index is -0.503. The molecule has 0 aliphatic heterocycles. The second-order valence-corrected chi connectivity index (χ2v) is 5.69. The van der Waals surface area contributed by atoms with Gasteiger partial charge < -0.3 is 9.47 Å². The summed E-state index contributed by atoms with van der Waals surface area (Å²) in [5.74, 6) is -0.0141. The van der Waals surface area contributed by atoms with Crippen molar-refractivity contribution in [2.75, 3.05) is 13.2 Å². The summed E-state index contributed by atoms with van der Waals surface area (Å²) in [6.45, 7) is -0.486. The molecule has 136 valence electrons. The summed E-state index contributed by atoms with van der Waals surface area (Å²) in [6.07, 6.45) is 0. The van der Waals surface area contributed by atoms with Crippen molar-refractivity contribution in [2.24, 2.45) is 0 Å². The highest BCUT2D eigenvalue weighted by molar-refractivity contribution is 7.80. The zero-order chi connectivity index (χ0) is 18.8. The number of rotatable bonds is 6. The lowest BCUT2D eigenvalue weighted by molar-refractivity contribution is -0.124. The molecule has 0 saturated heterocycles. The molecule has 26 heavy (non-hydrogen) atoms. The van der Waals surface area contributed by atoms with Crippen LogP contribution in [0.15, 0.2) is 54.6 Å². The summed E-state index contributed by atoms with van der Waals surface area (Å²) in [5, 5.41) is 2.67. The van der Waals surface area contributed by atoms with Crippen LogP contribution in [-0.4, -0.2) is 30.1 Å². The van der Waals surface area contributed by atoms with E-state index in [-0.39, 0.29) is 18.3 Å². The molecule has 0 radical (unpaired) electrons. The molecule has 0 saturated carbocycles. The zero-order valence-corrected chi connectivity index (χ0v) is 15.1. The maximum atomic E-state index is 11.7. The predicted molar refractivity (Wildman–Crippen MR) is 101 cm³/mol. The van der Waals surface area contributed by atoms with Gasteiger partial charge in [-0.1, -0.05) is 41.9 Å². The van der Waals surface area contributed by atoms with E-state index in [0.717, 1.165) is 0 Å². The van der Waals surface area contributed by atoms with Gasteiger partial charge in [0, 0.05) is 0 Å². The van der Waals surface area contributed by atoms with Crippen LogP contribution >= 0.6 is 23.8 Å². The molecule has 0 aliphatic carbocycles. The average molecular weight is 394 g/mol. The van der Waals surface area contributed by atoms with E-state index in [1.165, 1.54) is 0 Å². The first kappa shape index (κ1) is 19.5. The first-order valence-corrected chi connectivity index (χ1v) is 8.27. The van der Waals surface area contributed by atoms with Crippen LogP contribution in [0.2, 0.25) is 5.02 Å². The molecule has 0 bridgehead atoms. The van der Waals surface area contributed by atoms with Crippen molar-refractivity contribution < 1.29 is 19.1 Å². The normalized spacial score (nSPS) is 9.73. The Bertz CT molecular complexity index is 774. The van der Waals surface area contributed by atoms with Gasteiger partial charge in [-0.3, -0.25) is 25.8 Å². The molecule has 0 heterocycles. The predicted octanol–water partition coefficient (Wildman–Crippen LogP) is 1.82. The molecule has 2 aromatic rings. The molecule has 0 aromatic heterocycles. The van der Waals surface area contributed by atoms with Crippen molar-refractivity contribution in [3.63, 3.8) is 0 Å². The molecule has 0 atom stereocenters. The van der Waals surface area contributed by atoms with Crippen LogP contribution < -0.4 is 25.6 Å². The molecule has 2 amide bonds. The number of para-hydroxylation sites is 2. The minimum absolute atomic E-state index is 0.0779. The molecular formula is C17H16ClN3O4S. The van der Waals surface area contributed by atoms with Gasteiger partial charge in [0.05, 0.1) is 5.02 Å². The molecule has 2 rings (SSSR count). The van der Waals surface area contributed by atoms with Gasteiger partial charge in [-0.25, -0.2) is 0 Å². The minimum Gasteiger partial charge on any atom is -0.484 e. The number of ether oxygens (including phenoxy) is 2. The Balaban J connectivity index is 1.64. The number of hydrogen-bond donors (Lipinski definition) is 3. The van der Waals surface area contributed by atoms with E-state index in [9.17, 15) is 9.59 Å². The van der Waals surface area contributed by atoms with Crippen LogP contribution in [-0.2, 0) is 9.59 Å². The molecule has 0 fully saturated rings. The van der Waals surface area contributed by atoms with E-state index in [2.05, 4.69) is 16.2 Å². The maximum Gasteiger partial charge on any atom is 0.276 e. The van der Waals surface area contributed by atoms with Crippen LogP contribution in [0, 0.1) is 0 Å². The van der Waals surface area contributed by atoms with Crippen LogP contribution in [0.3, 0.4) is 0 Å². The first-order chi connectivity index (χ1) is 12.5. The Morgan fingerprint density at radius 2 is 1.54 bits per heavy atom. The molecule has 3 N–H and O–H groups in total. The van der Waals surface area contributed by atoms with Crippen molar-refractivity contribution in [3.05, 3.63) is 59.6 Å². The van der Waals surface area contributed by atoms with E-state index < -0.39 is 11.8 Å².